The van der Waals surface area contributed by atoms with Crippen molar-refractivity contribution in [3.63, 3.8) is 0 Å². The van der Waals surface area contributed by atoms with E-state index in [1.807, 2.05) is 47.4 Å². The number of imidazole rings is 1. The lowest BCUT2D eigenvalue weighted by Gasteiger charge is -2.18. The number of carbonyl (C=O) groups is 1. The van der Waals surface area contributed by atoms with E-state index in [-0.39, 0.29) is 5.91 Å². The summed E-state index contributed by atoms with van der Waals surface area (Å²) >= 11 is 0. The Morgan fingerprint density at radius 1 is 1.12 bits per heavy atom. The highest BCUT2D eigenvalue weighted by Crippen LogP contribution is 2.28. The van der Waals surface area contributed by atoms with Crippen molar-refractivity contribution in [3.05, 3.63) is 59.9 Å². The smallest absolute Gasteiger partial charge is 0.247 e. The molecule has 1 amide bonds. The van der Waals surface area contributed by atoms with Gasteiger partial charge in [-0.3, -0.25) is 4.79 Å². The summed E-state index contributed by atoms with van der Waals surface area (Å²) in [4.78, 5) is 19.6. The van der Waals surface area contributed by atoms with Gasteiger partial charge in [0.05, 0.1) is 11.0 Å². The van der Waals surface area contributed by atoms with Crippen molar-refractivity contribution in [2.75, 3.05) is 11.4 Å². The summed E-state index contributed by atoms with van der Waals surface area (Å²) in [7, 11) is 0. The first-order valence-electron chi connectivity index (χ1n) is 8.60. The SMILES string of the molecule is CCCc1nc2ccccc2n1CC(=O)N1CCc2ccccc21. The molecule has 1 aliphatic rings. The zero-order valence-electron chi connectivity index (χ0n) is 13.9. The van der Waals surface area contributed by atoms with Crippen LogP contribution in [0, 0.1) is 0 Å². The van der Waals surface area contributed by atoms with Crippen molar-refractivity contribution >= 4 is 22.6 Å². The van der Waals surface area contributed by atoms with E-state index in [0.717, 1.165) is 48.4 Å². The molecule has 3 aromatic rings. The lowest BCUT2D eigenvalue weighted by atomic mass is 10.2. The van der Waals surface area contributed by atoms with Gasteiger partial charge in [0.2, 0.25) is 5.91 Å². The van der Waals surface area contributed by atoms with Gasteiger partial charge >= 0.3 is 0 Å². The number of fused-ring (bicyclic) bond motifs is 2. The highest BCUT2D eigenvalue weighted by molar-refractivity contribution is 5.96. The maximum atomic E-state index is 13.0. The second kappa shape index (κ2) is 6.11. The highest BCUT2D eigenvalue weighted by atomic mass is 16.2. The predicted octanol–water partition coefficient (Wildman–Crippen LogP) is 3.58. The van der Waals surface area contributed by atoms with Gasteiger partial charge in [0, 0.05) is 18.7 Å². The lowest BCUT2D eigenvalue weighted by molar-refractivity contribution is -0.119. The van der Waals surface area contributed by atoms with Crippen molar-refractivity contribution in [3.8, 4) is 0 Å². The molecule has 4 heteroatoms. The summed E-state index contributed by atoms with van der Waals surface area (Å²) in [5.74, 6) is 1.14. The van der Waals surface area contributed by atoms with E-state index in [1.54, 1.807) is 0 Å². The molecule has 2 heterocycles. The van der Waals surface area contributed by atoms with Crippen molar-refractivity contribution in [1.29, 1.82) is 0 Å². The van der Waals surface area contributed by atoms with Gasteiger partial charge in [0.15, 0.2) is 0 Å². The second-order valence-corrected chi connectivity index (χ2v) is 6.28. The fraction of sp³-hybridized carbons (Fsp3) is 0.300. The molecule has 2 aromatic carbocycles. The first-order chi connectivity index (χ1) is 11.8. The summed E-state index contributed by atoms with van der Waals surface area (Å²) in [6, 6.07) is 16.2. The Kier molecular flexibility index (Phi) is 3.81. The number of amides is 1. The Balaban J connectivity index is 1.67. The average Bonchev–Trinajstić information content (AvgIpc) is 3.17. The van der Waals surface area contributed by atoms with Gasteiger partial charge in [-0.05, 0) is 36.6 Å². The molecule has 24 heavy (non-hydrogen) atoms. The van der Waals surface area contributed by atoms with Crippen LogP contribution in [0.25, 0.3) is 11.0 Å². The maximum Gasteiger partial charge on any atom is 0.247 e. The molecule has 0 saturated heterocycles. The molecule has 0 bridgehead atoms. The topological polar surface area (TPSA) is 38.1 Å². The van der Waals surface area contributed by atoms with Crippen molar-refractivity contribution in [2.24, 2.45) is 0 Å². The van der Waals surface area contributed by atoms with Gasteiger partial charge in [0.25, 0.3) is 0 Å². The molecule has 0 aliphatic carbocycles. The molecule has 1 aromatic heterocycles. The number of anilines is 1. The van der Waals surface area contributed by atoms with Gasteiger partial charge in [-0.1, -0.05) is 37.3 Å². The number of para-hydroxylation sites is 3. The van der Waals surface area contributed by atoms with Crippen LogP contribution in [-0.4, -0.2) is 22.0 Å². The van der Waals surface area contributed by atoms with E-state index in [4.69, 9.17) is 4.98 Å². The molecule has 0 saturated carbocycles. The molecule has 1 aliphatic heterocycles. The first kappa shape index (κ1) is 14.9. The molecular formula is C20H21N3O. The van der Waals surface area contributed by atoms with Crippen LogP contribution in [0.3, 0.4) is 0 Å². The van der Waals surface area contributed by atoms with E-state index in [1.165, 1.54) is 5.56 Å². The van der Waals surface area contributed by atoms with Gasteiger partial charge in [-0.25, -0.2) is 4.98 Å². The minimum absolute atomic E-state index is 0.139. The van der Waals surface area contributed by atoms with Crippen molar-refractivity contribution in [2.45, 2.75) is 32.7 Å². The Hall–Kier alpha value is -2.62. The molecule has 0 radical (unpaired) electrons. The second-order valence-electron chi connectivity index (χ2n) is 6.28. The van der Waals surface area contributed by atoms with E-state index in [0.29, 0.717) is 6.54 Å². The molecule has 0 unspecified atom stereocenters. The van der Waals surface area contributed by atoms with E-state index in [9.17, 15) is 4.79 Å². The number of aryl methyl sites for hydroxylation is 1. The minimum atomic E-state index is 0.139. The number of nitrogens with zero attached hydrogens (tertiary/aromatic N) is 3. The predicted molar refractivity (Wildman–Crippen MR) is 96.2 cm³/mol. The van der Waals surface area contributed by atoms with Crippen molar-refractivity contribution < 1.29 is 4.79 Å². The van der Waals surface area contributed by atoms with Crippen LogP contribution >= 0.6 is 0 Å². The minimum Gasteiger partial charge on any atom is -0.318 e. The van der Waals surface area contributed by atoms with Gasteiger partial charge in [-0.2, -0.15) is 0 Å². The zero-order valence-corrected chi connectivity index (χ0v) is 13.9. The average molecular weight is 319 g/mol. The largest absolute Gasteiger partial charge is 0.318 e. The zero-order chi connectivity index (χ0) is 16.5. The summed E-state index contributed by atoms with van der Waals surface area (Å²) < 4.78 is 2.09. The first-order valence-corrected chi connectivity index (χ1v) is 8.60. The summed E-state index contributed by atoms with van der Waals surface area (Å²) in [5.41, 5.74) is 4.33. The fourth-order valence-electron chi connectivity index (χ4n) is 3.53. The normalized spacial score (nSPS) is 13.5. The molecular weight excluding hydrogens is 298 g/mol. The number of carbonyl (C=O) groups excluding carboxylic acids is 1. The third-order valence-electron chi connectivity index (χ3n) is 4.69. The summed E-state index contributed by atoms with van der Waals surface area (Å²) in [6.45, 7) is 3.26. The van der Waals surface area contributed by atoms with Gasteiger partial charge < -0.3 is 9.47 Å². The van der Waals surface area contributed by atoms with Crippen LogP contribution in [0.15, 0.2) is 48.5 Å². The number of hydrogen-bond acceptors (Lipinski definition) is 2. The molecule has 0 N–H and O–H groups in total. The number of benzene rings is 2. The summed E-state index contributed by atoms with van der Waals surface area (Å²) in [5, 5.41) is 0. The van der Waals surface area contributed by atoms with E-state index >= 15 is 0 Å². The quantitative estimate of drug-likeness (QED) is 0.737. The Morgan fingerprint density at radius 2 is 1.92 bits per heavy atom. The maximum absolute atomic E-state index is 13.0. The van der Waals surface area contributed by atoms with Crippen LogP contribution in [0.1, 0.15) is 24.7 Å². The summed E-state index contributed by atoms with van der Waals surface area (Å²) in [6.07, 6.45) is 2.84. The van der Waals surface area contributed by atoms with Crippen LogP contribution < -0.4 is 4.90 Å². The Labute approximate surface area is 141 Å². The molecule has 4 nitrogen and oxygen atoms in total. The van der Waals surface area contributed by atoms with Crippen LogP contribution in [0.4, 0.5) is 5.69 Å². The Morgan fingerprint density at radius 3 is 2.79 bits per heavy atom. The van der Waals surface area contributed by atoms with Gasteiger partial charge in [0.1, 0.15) is 12.4 Å². The third kappa shape index (κ3) is 2.48. The van der Waals surface area contributed by atoms with Crippen LogP contribution in [0.5, 0.6) is 0 Å². The van der Waals surface area contributed by atoms with E-state index in [2.05, 4.69) is 17.6 Å². The number of hydrogen-bond donors (Lipinski definition) is 0. The van der Waals surface area contributed by atoms with Crippen LogP contribution in [0.2, 0.25) is 0 Å². The van der Waals surface area contributed by atoms with Crippen molar-refractivity contribution in [1.82, 2.24) is 9.55 Å². The Bertz CT molecular complexity index is 897. The molecule has 0 atom stereocenters. The van der Waals surface area contributed by atoms with Crippen LogP contribution in [-0.2, 0) is 24.2 Å². The lowest BCUT2D eigenvalue weighted by Crippen LogP contribution is -2.32. The number of aromatic nitrogens is 2. The monoisotopic (exact) mass is 319 g/mol. The fourth-order valence-corrected chi connectivity index (χ4v) is 3.53. The molecule has 0 spiro atoms. The highest BCUT2D eigenvalue weighted by Gasteiger charge is 2.25. The third-order valence-corrected chi connectivity index (χ3v) is 4.69. The molecule has 0 fully saturated rings. The molecule has 4 rings (SSSR count). The standard InChI is InChI=1S/C20H21N3O/c1-2-7-19-21-16-9-4-6-11-18(16)23(19)14-20(24)22-13-12-15-8-3-5-10-17(15)22/h3-6,8-11H,2,7,12-14H2,1H3. The van der Waals surface area contributed by atoms with E-state index < -0.39 is 0 Å². The molecule has 122 valence electrons. The van der Waals surface area contributed by atoms with Gasteiger partial charge in [-0.15, -0.1) is 0 Å². The number of rotatable bonds is 4.